The Morgan fingerprint density at radius 2 is 1.83 bits per heavy atom. The summed E-state index contributed by atoms with van der Waals surface area (Å²) in [6.07, 6.45) is 3.28. The largest absolute Gasteiger partial charge is 0.382 e. The molecule has 0 aromatic carbocycles. The molecule has 1 atom stereocenters. The number of hydrogen-bond acceptors (Lipinski definition) is 3. The molecule has 1 rings (SSSR count). The topological polar surface area (TPSA) is 46.0 Å². The average Bonchev–Trinajstić information content (AvgIpc) is 2.06. The quantitative estimate of drug-likeness (QED) is 0.721. The van der Waals surface area contributed by atoms with Crippen molar-refractivity contribution in [2.45, 2.75) is 26.4 Å². The summed E-state index contributed by atoms with van der Waals surface area (Å²) in [4.78, 5) is 8.02. The fraction of sp³-hybridized carbons (Fsp3) is 0.556. The van der Waals surface area contributed by atoms with E-state index in [1.165, 1.54) is 0 Å². The van der Waals surface area contributed by atoms with Crippen molar-refractivity contribution in [3.63, 3.8) is 0 Å². The lowest BCUT2D eigenvalue weighted by atomic mass is 9.92. The number of rotatable bonds is 2. The van der Waals surface area contributed by atoms with Crippen LogP contribution in [0.1, 0.15) is 26.6 Å². The van der Waals surface area contributed by atoms with Gasteiger partial charge >= 0.3 is 0 Å². The summed E-state index contributed by atoms with van der Waals surface area (Å²) in [6, 6.07) is 1.74. The summed E-state index contributed by atoms with van der Waals surface area (Å²) in [5, 5.41) is 9.94. The van der Waals surface area contributed by atoms with Crippen LogP contribution in [-0.2, 0) is 5.60 Å². The van der Waals surface area contributed by atoms with Gasteiger partial charge in [-0.25, -0.2) is 9.97 Å². The van der Waals surface area contributed by atoms with Gasteiger partial charge in [-0.1, -0.05) is 13.8 Å². The third-order valence-electron chi connectivity index (χ3n) is 2.14. The SMILES string of the molecule is CC(C)[C@@](C)(O)c1ncccn1. The first-order valence-corrected chi connectivity index (χ1v) is 4.05. The first-order valence-electron chi connectivity index (χ1n) is 4.05. The monoisotopic (exact) mass is 166 g/mol. The van der Waals surface area contributed by atoms with E-state index in [0.29, 0.717) is 5.82 Å². The predicted molar refractivity (Wildman–Crippen MR) is 46.4 cm³/mol. The van der Waals surface area contributed by atoms with Crippen molar-refractivity contribution < 1.29 is 5.11 Å². The van der Waals surface area contributed by atoms with E-state index in [-0.39, 0.29) is 5.92 Å². The number of hydrogen-bond donors (Lipinski definition) is 1. The van der Waals surface area contributed by atoms with E-state index in [2.05, 4.69) is 9.97 Å². The van der Waals surface area contributed by atoms with Gasteiger partial charge in [0.25, 0.3) is 0 Å². The molecule has 0 aliphatic carbocycles. The van der Waals surface area contributed by atoms with Crippen molar-refractivity contribution in [2.75, 3.05) is 0 Å². The first-order chi connectivity index (χ1) is 5.55. The molecule has 0 saturated carbocycles. The summed E-state index contributed by atoms with van der Waals surface area (Å²) in [6.45, 7) is 5.61. The Balaban J connectivity index is 2.98. The molecule has 1 heterocycles. The van der Waals surface area contributed by atoms with Gasteiger partial charge < -0.3 is 5.11 Å². The van der Waals surface area contributed by atoms with Crippen molar-refractivity contribution in [1.82, 2.24) is 9.97 Å². The van der Waals surface area contributed by atoms with Crippen LogP contribution in [0, 0.1) is 5.92 Å². The van der Waals surface area contributed by atoms with E-state index < -0.39 is 5.60 Å². The van der Waals surface area contributed by atoms with Crippen molar-refractivity contribution in [3.8, 4) is 0 Å². The smallest absolute Gasteiger partial charge is 0.159 e. The van der Waals surface area contributed by atoms with Gasteiger partial charge in [-0.15, -0.1) is 0 Å². The standard InChI is InChI=1S/C9H14N2O/c1-7(2)9(3,12)8-10-5-4-6-11-8/h4-7,12H,1-3H3/t9-/m1/s1. The molecule has 0 saturated heterocycles. The first kappa shape index (κ1) is 9.13. The molecule has 0 fully saturated rings. The second kappa shape index (κ2) is 3.19. The molecular weight excluding hydrogens is 152 g/mol. The zero-order valence-electron chi connectivity index (χ0n) is 7.65. The Bertz CT molecular complexity index is 244. The number of aromatic nitrogens is 2. The maximum absolute atomic E-state index is 9.94. The molecule has 0 aliphatic rings. The van der Waals surface area contributed by atoms with Crippen LogP contribution >= 0.6 is 0 Å². The Labute approximate surface area is 72.5 Å². The lowest BCUT2D eigenvalue weighted by Gasteiger charge is -2.25. The van der Waals surface area contributed by atoms with Gasteiger partial charge in [0.15, 0.2) is 5.82 Å². The van der Waals surface area contributed by atoms with Gasteiger partial charge in [0.05, 0.1) is 0 Å². The second-order valence-electron chi connectivity index (χ2n) is 3.37. The zero-order valence-corrected chi connectivity index (χ0v) is 7.65. The molecule has 1 aromatic heterocycles. The fourth-order valence-electron chi connectivity index (χ4n) is 0.819. The number of aliphatic hydroxyl groups is 1. The van der Waals surface area contributed by atoms with Crippen LogP contribution in [0.15, 0.2) is 18.5 Å². The van der Waals surface area contributed by atoms with E-state index in [9.17, 15) is 5.11 Å². The second-order valence-corrected chi connectivity index (χ2v) is 3.37. The summed E-state index contributed by atoms with van der Waals surface area (Å²) in [7, 11) is 0. The molecule has 0 radical (unpaired) electrons. The van der Waals surface area contributed by atoms with Gasteiger partial charge in [-0.3, -0.25) is 0 Å². The van der Waals surface area contributed by atoms with Crippen LogP contribution in [0.3, 0.4) is 0 Å². The molecule has 3 nitrogen and oxygen atoms in total. The maximum atomic E-state index is 9.94. The Morgan fingerprint density at radius 1 is 1.33 bits per heavy atom. The molecule has 12 heavy (non-hydrogen) atoms. The van der Waals surface area contributed by atoms with Gasteiger partial charge in [-0.2, -0.15) is 0 Å². The maximum Gasteiger partial charge on any atom is 0.159 e. The van der Waals surface area contributed by atoms with Gasteiger partial charge in [-0.05, 0) is 18.9 Å². The van der Waals surface area contributed by atoms with E-state index >= 15 is 0 Å². The predicted octanol–water partition coefficient (Wildman–Crippen LogP) is 1.34. The molecule has 1 aromatic rings. The Hall–Kier alpha value is -0.960. The molecule has 1 N–H and O–H groups in total. The molecule has 0 amide bonds. The Morgan fingerprint density at radius 3 is 2.25 bits per heavy atom. The van der Waals surface area contributed by atoms with Crippen LogP contribution in [0.25, 0.3) is 0 Å². The molecule has 0 unspecified atom stereocenters. The third kappa shape index (κ3) is 1.61. The minimum Gasteiger partial charge on any atom is -0.382 e. The average molecular weight is 166 g/mol. The van der Waals surface area contributed by atoms with Gasteiger partial charge in [0.1, 0.15) is 5.60 Å². The summed E-state index contributed by atoms with van der Waals surface area (Å²) in [5.41, 5.74) is -0.929. The highest BCUT2D eigenvalue weighted by atomic mass is 16.3. The lowest BCUT2D eigenvalue weighted by molar-refractivity contribution is 0.000359. The highest BCUT2D eigenvalue weighted by Gasteiger charge is 2.29. The normalized spacial score (nSPS) is 16.1. The van der Waals surface area contributed by atoms with Crippen LogP contribution in [-0.4, -0.2) is 15.1 Å². The van der Waals surface area contributed by atoms with Gasteiger partial charge in [0.2, 0.25) is 0 Å². The minimum absolute atomic E-state index is 0.111. The summed E-state index contributed by atoms with van der Waals surface area (Å²) >= 11 is 0. The Kier molecular flexibility index (Phi) is 2.43. The number of nitrogens with zero attached hydrogens (tertiary/aromatic N) is 2. The highest BCUT2D eigenvalue weighted by molar-refractivity contribution is 5.00. The van der Waals surface area contributed by atoms with E-state index in [4.69, 9.17) is 0 Å². The molecular formula is C9H14N2O. The lowest BCUT2D eigenvalue weighted by Crippen LogP contribution is -2.30. The molecule has 66 valence electrons. The fourth-order valence-corrected chi connectivity index (χ4v) is 0.819. The van der Waals surface area contributed by atoms with E-state index in [1.807, 2.05) is 13.8 Å². The highest BCUT2D eigenvalue weighted by Crippen LogP contribution is 2.24. The van der Waals surface area contributed by atoms with Crippen molar-refractivity contribution in [2.24, 2.45) is 5.92 Å². The van der Waals surface area contributed by atoms with Crippen molar-refractivity contribution >= 4 is 0 Å². The van der Waals surface area contributed by atoms with Crippen LogP contribution in [0.2, 0.25) is 0 Å². The van der Waals surface area contributed by atoms with E-state index in [1.54, 1.807) is 25.4 Å². The van der Waals surface area contributed by atoms with E-state index in [0.717, 1.165) is 0 Å². The molecule has 3 heteroatoms. The van der Waals surface area contributed by atoms with Gasteiger partial charge in [0, 0.05) is 12.4 Å². The van der Waals surface area contributed by atoms with Crippen LogP contribution in [0.4, 0.5) is 0 Å². The van der Waals surface area contributed by atoms with Crippen molar-refractivity contribution in [3.05, 3.63) is 24.3 Å². The third-order valence-corrected chi connectivity index (χ3v) is 2.14. The summed E-state index contributed by atoms with van der Waals surface area (Å²) < 4.78 is 0. The van der Waals surface area contributed by atoms with Crippen LogP contribution in [0.5, 0.6) is 0 Å². The molecule has 0 spiro atoms. The summed E-state index contributed by atoms with van der Waals surface area (Å²) in [5.74, 6) is 0.597. The molecule has 0 bridgehead atoms. The van der Waals surface area contributed by atoms with Crippen LogP contribution < -0.4 is 0 Å². The molecule has 0 aliphatic heterocycles. The zero-order chi connectivity index (χ0) is 9.19. The minimum atomic E-state index is -0.929. The van der Waals surface area contributed by atoms with Crippen molar-refractivity contribution in [1.29, 1.82) is 0 Å².